The number of carbonyl (C=O) groups is 1. The predicted molar refractivity (Wildman–Crippen MR) is 115 cm³/mol. The second kappa shape index (κ2) is 7.80. The number of amides is 1. The molecule has 0 N–H and O–H groups in total. The van der Waals surface area contributed by atoms with Gasteiger partial charge in [0.05, 0.1) is 36.6 Å². The van der Waals surface area contributed by atoms with Gasteiger partial charge in [0.2, 0.25) is 5.91 Å². The second-order valence-electron chi connectivity index (χ2n) is 8.37. The molecule has 0 saturated carbocycles. The first-order valence-electron chi connectivity index (χ1n) is 10.7. The molecule has 0 aromatic carbocycles. The van der Waals surface area contributed by atoms with Gasteiger partial charge in [-0.2, -0.15) is 0 Å². The lowest BCUT2D eigenvalue weighted by atomic mass is 9.93. The third-order valence-corrected chi connectivity index (χ3v) is 6.32. The largest absolute Gasteiger partial charge is 0.377 e. The number of fused-ring (bicyclic) bond motifs is 1. The Morgan fingerprint density at radius 2 is 2.13 bits per heavy atom. The van der Waals surface area contributed by atoms with Gasteiger partial charge in [0.1, 0.15) is 5.82 Å². The first-order valence-corrected chi connectivity index (χ1v) is 10.7. The molecule has 156 valence electrons. The van der Waals surface area contributed by atoms with Crippen molar-refractivity contribution in [1.82, 2.24) is 19.9 Å². The van der Waals surface area contributed by atoms with Gasteiger partial charge in [-0.3, -0.25) is 9.78 Å². The van der Waals surface area contributed by atoms with Crippen LogP contribution in [0, 0.1) is 0 Å². The maximum absolute atomic E-state index is 12.9. The Hall–Kier alpha value is -2.80. The average Bonchev–Trinajstić information content (AvgIpc) is 3.25. The molecular formula is C23H27N5O2. The standard InChI is InChI=1S/C23H27N5O2/c1-15-14-30-12-11-28(15)21-13-20(18-6-4-10-27(2)23(18)29)25-22(26-21)17-8-9-24-19-7-3-5-16(17)19/h3,5,8-9,13,15,18H,4,6-7,10-12,14H2,1-2H3/t15-,18-/m1/s1. The molecule has 4 heterocycles. The summed E-state index contributed by atoms with van der Waals surface area (Å²) in [6.45, 7) is 5.09. The topological polar surface area (TPSA) is 71.5 Å². The fourth-order valence-corrected chi connectivity index (χ4v) is 4.62. The second-order valence-corrected chi connectivity index (χ2v) is 8.37. The van der Waals surface area contributed by atoms with Crippen LogP contribution in [0.3, 0.4) is 0 Å². The van der Waals surface area contributed by atoms with Gasteiger partial charge in [0.25, 0.3) is 0 Å². The fraction of sp³-hybridized carbons (Fsp3) is 0.478. The molecular weight excluding hydrogens is 378 g/mol. The first-order chi connectivity index (χ1) is 14.6. The minimum atomic E-state index is -0.217. The third kappa shape index (κ3) is 3.37. The highest BCUT2D eigenvalue weighted by Crippen LogP contribution is 2.33. The van der Waals surface area contributed by atoms with Gasteiger partial charge < -0.3 is 14.5 Å². The van der Waals surface area contributed by atoms with Crippen LogP contribution in [0.25, 0.3) is 17.5 Å². The monoisotopic (exact) mass is 405 g/mol. The van der Waals surface area contributed by atoms with Crippen LogP contribution in [-0.4, -0.2) is 65.2 Å². The number of allylic oxidation sites excluding steroid dienone is 1. The lowest BCUT2D eigenvalue weighted by Gasteiger charge is -2.35. The summed E-state index contributed by atoms with van der Waals surface area (Å²) in [4.78, 5) is 31.4. The van der Waals surface area contributed by atoms with Gasteiger partial charge >= 0.3 is 0 Å². The van der Waals surface area contributed by atoms with Crippen LogP contribution in [0.2, 0.25) is 0 Å². The average molecular weight is 406 g/mol. The lowest BCUT2D eigenvalue weighted by Crippen LogP contribution is -2.44. The van der Waals surface area contributed by atoms with Crippen molar-refractivity contribution in [2.45, 2.75) is 38.1 Å². The van der Waals surface area contributed by atoms with Crippen molar-refractivity contribution in [3.8, 4) is 11.4 Å². The Kier molecular flexibility index (Phi) is 4.98. The number of nitrogens with zero attached hydrogens (tertiary/aromatic N) is 5. The fourth-order valence-electron chi connectivity index (χ4n) is 4.62. The molecule has 2 atom stereocenters. The highest BCUT2D eigenvalue weighted by molar-refractivity contribution is 5.84. The third-order valence-electron chi connectivity index (χ3n) is 6.32. The Balaban J connectivity index is 1.63. The van der Waals surface area contributed by atoms with Crippen LogP contribution in [0.1, 0.15) is 42.6 Å². The van der Waals surface area contributed by atoms with E-state index in [1.165, 1.54) is 0 Å². The van der Waals surface area contributed by atoms with Gasteiger partial charge in [0.15, 0.2) is 5.82 Å². The van der Waals surface area contributed by atoms with E-state index in [1.54, 1.807) is 0 Å². The van der Waals surface area contributed by atoms with E-state index in [4.69, 9.17) is 14.7 Å². The molecule has 1 aliphatic carbocycles. The lowest BCUT2D eigenvalue weighted by molar-refractivity contribution is -0.133. The minimum absolute atomic E-state index is 0.145. The number of anilines is 1. The van der Waals surface area contributed by atoms with Crippen molar-refractivity contribution >= 4 is 17.8 Å². The molecule has 2 aromatic heterocycles. The molecule has 2 fully saturated rings. The summed E-state index contributed by atoms with van der Waals surface area (Å²) in [5, 5.41) is 0. The highest BCUT2D eigenvalue weighted by atomic mass is 16.5. The van der Waals surface area contributed by atoms with Crippen LogP contribution >= 0.6 is 0 Å². The van der Waals surface area contributed by atoms with Crippen molar-refractivity contribution in [3.05, 3.63) is 41.4 Å². The van der Waals surface area contributed by atoms with Crippen molar-refractivity contribution < 1.29 is 9.53 Å². The van der Waals surface area contributed by atoms with Gasteiger partial charge in [-0.25, -0.2) is 9.97 Å². The van der Waals surface area contributed by atoms with E-state index in [-0.39, 0.29) is 17.9 Å². The molecule has 7 heteroatoms. The summed E-state index contributed by atoms with van der Waals surface area (Å²) in [5.41, 5.74) is 3.94. The number of aromatic nitrogens is 3. The summed E-state index contributed by atoms with van der Waals surface area (Å²) in [6.07, 6.45) is 8.70. The Morgan fingerprint density at radius 1 is 1.23 bits per heavy atom. The molecule has 30 heavy (non-hydrogen) atoms. The quantitative estimate of drug-likeness (QED) is 0.782. The first kappa shape index (κ1) is 19.2. The number of likely N-dealkylation sites (N-methyl/N-ethyl adjacent to an activating group) is 1. The van der Waals surface area contributed by atoms with Crippen LogP contribution in [0.15, 0.2) is 24.4 Å². The predicted octanol–water partition coefficient (Wildman–Crippen LogP) is 2.67. The Bertz CT molecular complexity index is 1010. The summed E-state index contributed by atoms with van der Waals surface area (Å²) < 4.78 is 5.62. The summed E-state index contributed by atoms with van der Waals surface area (Å²) in [6, 6.07) is 4.22. The normalized spacial score (nSPS) is 23.7. The number of hydrogen-bond acceptors (Lipinski definition) is 6. The molecule has 2 aromatic rings. The molecule has 2 saturated heterocycles. The van der Waals surface area contributed by atoms with Crippen molar-refractivity contribution in [3.63, 3.8) is 0 Å². The maximum Gasteiger partial charge on any atom is 0.231 e. The smallest absolute Gasteiger partial charge is 0.231 e. The SMILES string of the molecule is C[C@@H]1COCCN1c1cc([C@H]2CCCN(C)C2=O)nc(-c2ccnc3c2C=CC3)n1. The maximum atomic E-state index is 12.9. The Labute approximate surface area is 176 Å². The minimum Gasteiger partial charge on any atom is -0.377 e. The van der Waals surface area contributed by atoms with Gasteiger partial charge in [-0.05, 0) is 25.8 Å². The van der Waals surface area contributed by atoms with Gasteiger partial charge in [0, 0.05) is 49.9 Å². The van der Waals surface area contributed by atoms with E-state index in [9.17, 15) is 4.79 Å². The summed E-state index contributed by atoms with van der Waals surface area (Å²) in [7, 11) is 1.88. The van der Waals surface area contributed by atoms with Crippen molar-refractivity contribution in [1.29, 1.82) is 0 Å². The van der Waals surface area contributed by atoms with Crippen LogP contribution < -0.4 is 4.90 Å². The van der Waals surface area contributed by atoms with E-state index < -0.39 is 0 Å². The molecule has 0 bridgehead atoms. The van der Waals surface area contributed by atoms with Gasteiger partial charge in [-0.15, -0.1) is 0 Å². The highest BCUT2D eigenvalue weighted by Gasteiger charge is 2.31. The van der Waals surface area contributed by atoms with E-state index >= 15 is 0 Å². The van der Waals surface area contributed by atoms with Crippen LogP contribution in [-0.2, 0) is 16.0 Å². The number of rotatable bonds is 3. The van der Waals surface area contributed by atoms with Crippen molar-refractivity contribution in [2.75, 3.05) is 38.3 Å². The Morgan fingerprint density at radius 3 is 3.00 bits per heavy atom. The number of carbonyl (C=O) groups excluding carboxylic acids is 1. The van der Waals surface area contributed by atoms with Crippen LogP contribution in [0.5, 0.6) is 0 Å². The number of ether oxygens (including phenoxy) is 1. The van der Waals surface area contributed by atoms with Gasteiger partial charge in [-0.1, -0.05) is 12.2 Å². The number of likely N-dealkylation sites (tertiary alicyclic amines) is 1. The van der Waals surface area contributed by atoms with E-state index in [0.29, 0.717) is 19.0 Å². The summed E-state index contributed by atoms with van der Waals surface area (Å²) >= 11 is 0. The number of pyridine rings is 1. The molecule has 0 unspecified atom stereocenters. The molecule has 0 spiro atoms. The number of hydrogen-bond donors (Lipinski definition) is 0. The van der Waals surface area contributed by atoms with Crippen LogP contribution in [0.4, 0.5) is 5.82 Å². The molecule has 3 aliphatic rings. The zero-order chi connectivity index (χ0) is 20.7. The molecule has 5 rings (SSSR count). The van der Waals surface area contributed by atoms with E-state index in [0.717, 1.165) is 60.7 Å². The number of morpholine rings is 1. The molecule has 2 aliphatic heterocycles. The van der Waals surface area contributed by atoms with E-state index in [2.05, 4.69) is 29.0 Å². The molecule has 0 radical (unpaired) electrons. The van der Waals surface area contributed by atoms with Crippen molar-refractivity contribution in [2.24, 2.45) is 0 Å². The molecule has 7 nitrogen and oxygen atoms in total. The number of piperidine rings is 1. The summed E-state index contributed by atoms with van der Waals surface area (Å²) in [5.74, 6) is 1.48. The zero-order valence-corrected chi connectivity index (χ0v) is 17.5. The molecule has 1 amide bonds. The van der Waals surface area contributed by atoms with E-state index in [1.807, 2.05) is 30.3 Å². The zero-order valence-electron chi connectivity index (χ0n) is 17.5.